The Hall–Kier alpha value is -1.30. The molecule has 0 saturated carbocycles. The third-order valence-corrected chi connectivity index (χ3v) is 4.21. The summed E-state index contributed by atoms with van der Waals surface area (Å²) in [4.78, 5) is 11.2. The predicted octanol–water partition coefficient (Wildman–Crippen LogP) is 3.35. The van der Waals surface area contributed by atoms with Gasteiger partial charge in [0.1, 0.15) is 5.75 Å². The van der Waals surface area contributed by atoms with Crippen LogP contribution < -0.4 is 10.5 Å². The minimum Gasteiger partial charge on any atom is -0.435 e. The first-order chi connectivity index (χ1) is 8.93. The van der Waals surface area contributed by atoms with E-state index < -0.39 is 6.61 Å². The Morgan fingerprint density at radius 3 is 2.37 bits per heavy atom. The molecule has 0 saturated heterocycles. The normalized spacial score (nSPS) is 14.2. The molecule has 0 radical (unpaired) electrons. The molecule has 1 aromatic rings. The Balaban J connectivity index is 2.67. The lowest BCUT2D eigenvalue weighted by Crippen LogP contribution is -2.25. The number of hydrogen-bond acceptors (Lipinski definition) is 3. The van der Waals surface area contributed by atoms with Crippen LogP contribution in [0, 0.1) is 0 Å². The van der Waals surface area contributed by atoms with E-state index in [1.807, 2.05) is 13.8 Å². The topological polar surface area (TPSA) is 52.3 Å². The van der Waals surface area contributed by atoms with Crippen LogP contribution in [0.5, 0.6) is 5.75 Å². The summed E-state index contributed by atoms with van der Waals surface area (Å²) in [5.74, 6) is -0.213. The summed E-state index contributed by atoms with van der Waals surface area (Å²) >= 11 is 1.46. The lowest BCUT2D eigenvalue weighted by atomic mass is 10.1. The molecular formula is C13H17F2NO2S. The number of benzene rings is 1. The summed E-state index contributed by atoms with van der Waals surface area (Å²) in [5.41, 5.74) is 6.23. The van der Waals surface area contributed by atoms with Gasteiger partial charge >= 0.3 is 6.61 Å². The van der Waals surface area contributed by atoms with Crippen LogP contribution in [-0.4, -0.2) is 17.8 Å². The number of carbonyl (C=O) groups excluding carboxylic acids is 1. The summed E-state index contributed by atoms with van der Waals surface area (Å²) < 4.78 is 28.3. The molecule has 6 heteroatoms. The number of ether oxygens (including phenoxy) is 1. The molecule has 2 N–H and O–H groups in total. The second-order valence-corrected chi connectivity index (χ2v) is 5.57. The van der Waals surface area contributed by atoms with Gasteiger partial charge in [-0.15, -0.1) is 11.8 Å². The highest BCUT2D eigenvalue weighted by molar-refractivity contribution is 8.00. The summed E-state index contributed by atoms with van der Waals surface area (Å²) in [5, 5.41) is -0.190. The zero-order chi connectivity index (χ0) is 14.4. The zero-order valence-corrected chi connectivity index (χ0v) is 11.6. The standard InChI is InChI=1S/C13H17F2NO2S/c1-3-11(12(16)17)19-8(2)9-4-6-10(7-5-9)18-13(14)15/h4-8,11,13H,3H2,1-2H3,(H2,16,17). The van der Waals surface area contributed by atoms with Gasteiger partial charge in [0.2, 0.25) is 5.91 Å². The Labute approximate surface area is 115 Å². The van der Waals surface area contributed by atoms with Gasteiger partial charge in [-0.1, -0.05) is 19.1 Å². The predicted molar refractivity (Wildman–Crippen MR) is 72.4 cm³/mol. The van der Waals surface area contributed by atoms with Gasteiger partial charge in [-0.05, 0) is 31.0 Å². The average molecular weight is 289 g/mol. The van der Waals surface area contributed by atoms with E-state index in [4.69, 9.17) is 5.73 Å². The molecule has 106 valence electrons. The molecule has 3 nitrogen and oxygen atoms in total. The fourth-order valence-corrected chi connectivity index (χ4v) is 2.74. The highest BCUT2D eigenvalue weighted by atomic mass is 32.2. The van der Waals surface area contributed by atoms with Crippen molar-refractivity contribution in [3.05, 3.63) is 29.8 Å². The molecule has 19 heavy (non-hydrogen) atoms. The first-order valence-corrected chi connectivity index (χ1v) is 6.87. The maximum absolute atomic E-state index is 12.0. The van der Waals surface area contributed by atoms with E-state index >= 15 is 0 Å². The minimum atomic E-state index is -2.82. The number of halogens is 2. The molecule has 2 unspecified atom stereocenters. The van der Waals surface area contributed by atoms with Crippen LogP contribution in [-0.2, 0) is 4.79 Å². The molecular weight excluding hydrogens is 272 g/mol. The van der Waals surface area contributed by atoms with Crippen LogP contribution in [0.3, 0.4) is 0 Å². The second-order valence-electron chi connectivity index (χ2n) is 4.03. The molecule has 0 aromatic heterocycles. The molecule has 0 fully saturated rings. The van der Waals surface area contributed by atoms with Gasteiger partial charge < -0.3 is 10.5 Å². The van der Waals surface area contributed by atoms with E-state index in [9.17, 15) is 13.6 Å². The average Bonchev–Trinajstić information content (AvgIpc) is 2.35. The highest BCUT2D eigenvalue weighted by Gasteiger charge is 2.18. The van der Waals surface area contributed by atoms with E-state index in [1.54, 1.807) is 12.1 Å². The summed E-state index contributed by atoms with van der Waals surface area (Å²) in [6.07, 6.45) is 0.664. The van der Waals surface area contributed by atoms with Gasteiger partial charge in [-0.25, -0.2) is 0 Å². The molecule has 0 aliphatic heterocycles. The SMILES string of the molecule is CCC(SC(C)c1ccc(OC(F)F)cc1)C(N)=O. The van der Waals surface area contributed by atoms with Crippen LogP contribution in [0.1, 0.15) is 31.1 Å². The number of hydrogen-bond donors (Lipinski definition) is 1. The van der Waals surface area contributed by atoms with Gasteiger partial charge in [0.15, 0.2) is 0 Å². The van der Waals surface area contributed by atoms with Crippen LogP contribution in [0.2, 0.25) is 0 Å². The van der Waals surface area contributed by atoms with Crippen LogP contribution in [0.15, 0.2) is 24.3 Å². The minimum absolute atomic E-state index is 0.0537. The third kappa shape index (κ3) is 5.06. The second kappa shape index (κ2) is 7.33. The van der Waals surface area contributed by atoms with Crippen molar-refractivity contribution in [3.63, 3.8) is 0 Å². The number of primary amides is 1. The van der Waals surface area contributed by atoms with E-state index in [1.165, 1.54) is 23.9 Å². The molecule has 1 rings (SSSR count). The van der Waals surface area contributed by atoms with Gasteiger partial charge in [0, 0.05) is 5.25 Å². The summed E-state index contributed by atoms with van der Waals surface area (Å²) in [7, 11) is 0. The number of nitrogens with two attached hydrogens (primary N) is 1. The van der Waals surface area contributed by atoms with Crippen molar-refractivity contribution in [2.75, 3.05) is 0 Å². The van der Waals surface area contributed by atoms with Crippen molar-refractivity contribution in [3.8, 4) is 5.75 Å². The summed E-state index contributed by atoms with van der Waals surface area (Å²) in [6.45, 7) is 1.02. The highest BCUT2D eigenvalue weighted by Crippen LogP contribution is 2.33. The van der Waals surface area contributed by atoms with E-state index in [0.29, 0.717) is 6.42 Å². The monoisotopic (exact) mass is 289 g/mol. The molecule has 2 atom stereocenters. The fraction of sp³-hybridized carbons (Fsp3) is 0.462. The largest absolute Gasteiger partial charge is 0.435 e. The number of alkyl halides is 2. The van der Waals surface area contributed by atoms with Crippen LogP contribution >= 0.6 is 11.8 Å². The van der Waals surface area contributed by atoms with Crippen molar-refractivity contribution in [1.29, 1.82) is 0 Å². The van der Waals surface area contributed by atoms with E-state index in [2.05, 4.69) is 4.74 Å². The maximum atomic E-state index is 12.0. The Morgan fingerprint density at radius 1 is 1.37 bits per heavy atom. The fourth-order valence-electron chi connectivity index (χ4n) is 1.61. The quantitative estimate of drug-likeness (QED) is 0.837. The molecule has 0 spiro atoms. The lowest BCUT2D eigenvalue weighted by molar-refractivity contribution is -0.117. The van der Waals surface area contributed by atoms with Gasteiger partial charge in [0.05, 0.1) is 5.25 Å². The number of rotatable bonds is 7. The van der Waals surface area contributed by atoms with Crippen molar-refractivity contribution in [2.24, 2.45) is 5.73 Å². The first kappa shape index (κ1) is 15.8. The third-order valence-electron chi connectivity index (χ3n) is 2.63. The van der Waals surface area contributed by atoms with Crippen LogP contribution in [0.25, 0.3) is 0 Å². The Morgan fingerprint density at radius 2 is 1.95 bits per heavy atom. The van der Waals surface area contributed by atoms with Gasteiger partial charge in [0.25, 0.3) is 0 Å². The molecule has 0 aliphatic carbocycles. The number of amides is 1. The van der Waals surface area contributed by atoms with Crippen LogP contribution in [0.4, 0.5) is 8.78 Å². The Kier molecular flexibility index (Phi) is 6.08. The zero-order valence-electron chi connectivity index (χ0n) is 10.8. The lowest BCUT2D eigenvalue weighted by Gasteiger charge is -2.17. The smallest absolute Gasteiger partial charge is 0.387 e. The van der Waals surface area contributed by atoms with E-state index in [0.717, 1.165) is 5.56 Å². The molecule has 0 bridgehead atoms. The van der Waals surface area contributed by atoms with Gasteiger partial charge in [-0.2, -0.15) is 8.78 Å². The molecule has 1 amide bonds. The van der Waals surface area contributed by atoms with Crippen molar-refractivity contribution in [1.82, 2.24) is 0 Å². The molecule has 0 aliphatic rings. The number of thioether (sulfide) groups is 1. The number of carbonyl (C=O) groups is 1. The van der Waals surface area contributed by atoms with Crippen molar-refractivity contribution >= 4 is 17.7 Å². The Bertz CT molecular complexity index is 412. The van der Waals surface area contributed by atoms with Crippen molar-refractivity contribution < 1.29 is 18.3 Å². The molecule has 1 aromatic carbocycles. The van der Waals surface area contributed by atoms with Gasteiger partial charge in [-0.3, -0.25) is 4.79 Å². The van der Waals surface area contributed by atoms with Crippen molar-refractivity contribution in [2.45, 2.75) is 37.4 Å². The molecule has 0 heterocycles. The van der Waals surface area contributed by atoms with E-state index in [-0.39, 0.29) is 22.2 Å². The maximum Gasteiger partial charge on any atom is 0.387 e. The first-order valence-electron chi connectivity index (χ1n) is 5.93. The summed E-state index contributed by atoms with van der Waals surface area (Å²) in [6, 6.07) is 6.40.